The lowest BCUT2D eigenvalue weighted by Crippen LogP contribution is -2.62. The zero-order chi connectivity index (χ0) is 79.3. The maximum Gasteiger partial charge on any atom is 0.245 e. The Labute approximate surface area is 640 Å². The first kappa shape index (κ1) is 83.9. The Hall–Kier alpha value is -10.7. The summed E-state index contributed by atoms with van der Waals surface area (Å²) in [6, 6.07) is 17.7. The summed E-state index contributed by atoms with van der Waals surface area (Å²) in [6.07, 6.45) is 4.81. The zero-order valence-electron chi connectivity index (χ0n) is 64.0. The normalized spacial score (nSPS) is 24.7. The number of rotatable bonds is 15. The van der Waals surface area contributed by atoms with Gasteiger partial charge in [-0.15, -0.1) is 11.8 Å². The number of carbonyl (C=O) groups is 13. The number of ketones is 1. The highest BCUT2D eigenvalue weighted by Gasteiger charge is 2.43. The van der Waals surface area contributed by atoms with Crippen LogP contribution >= 0.6 is 11.8 Å². The van der Waals surface area contributed by atoms with Gasteiger partial charge in [0.05, 0.1) is 23.8 Å². The first-order valence-corrected chi connectivity index (χ1v) is 38.4. The standard InChI is InChI=1S/C80H105N15O13S/c1-44(2)34-61-80(108)95-33-21-28-64(95)74(102)86-59(35-52-29-31-54(32-30-52)53-24-17-14-18-25-53)72(100)91-67(45(3)4)76(104)87-60(37-55-39-82-58-27-20-19-26-57(55)58)73(101)92-68(46(5)6)78(106)90-63(50(11)96)41-109-42-66(97)84-48(9)70(98)85-49(10)71(99)88-62(38-56-40-81-43-83-56)79(107)94(12)65(36-51-22-15-13-16-23-51)75(103)93-69(47(7)8)77(105)89-61/h13-20,22-27,29-32,39-40,43-49,59-65,67-69,82H,21,28,33-38,41-42H2,1-12H3,(H,81,83)(H,84,97)(H,85,98)(H,86,102)(H,87,104)(H,88,99)(H,89,105)(H,90,106)(H,91,100)(H,92,101)(H,93,103)/t48-,49-,59-,60-,61-,62-,63-,64-,65-,67-,68?,69-/m0/s1. The Morgan fingerprint density at radius 3 is 1.62 bits per heavy atom. The van der Waals surface area contributed by atoms with Crippen LogP contribution in [0.4, 0.5) is 0 Å². The van der Waals surface area contributed by atoms with Gasteiger partial charge in [0.15, 0.2) is 5.78 Å². The SMILES string of the molecule is CC(=O)[C@@H]1CSCC(=O)N[C@@H](C)C(=O)N[C@@H](C)C(=O)N[C@@H](Cc2c[nH]cn2)C(=O)N(C)[C@@H](Cc2ccccc2)C(=O)N[C@@H](C(C)C)C(=O)N[C@@H](CC(C)C)C(=O)N2CCC[C@H]2C(=O)N[C@@H](Cc2ccc(-c3ccccc3)cc2)C(=O)N[C@@H](C(C)C)C(=O)N[C@@H](Cc2c[nH]c3ccccc23)C(=O)NC(C(C)C)C(=O)N1. The Bertz CT molecular complexity index is 4170. The highest BCUT2D eigenvalue weighted by atomic mass is 32.2. The Balaban J connectivity index is 1.14. The molecular weight excluding hydrogens is 1410 g/mol. The Kier molecular flexibility index (Phi) is 30.3. The molecule has 29 heteroatoms. The molecule has 0 aliphatic carbocycles. The second-order valence-electron chi connectivity index (χ2n) is 29.7. The third-order valence-electron chi connectivity index (χ3n) is 19.6. The van der Waals surface area contributed by atoms with Crippen molar-refractivity contribution in [2.45, 2.75) is 194 Å². The highest BCUT2D eigenvalue weighted by molar-refractivity contribution is 8.00. The molecule has 0 saturated carbocycles. The average Bonchev–Trinajstić information content (AvgIpc) is 1.80. The number of imidazole rings is 1. The fourth-order valence-electron chi connectivity index (χ4n) is 13.3. The number of aromatic nitrogens is 3. The molecular formula is C80H105N15O13S. The minimum atomic E-state index is -1.40. The van der Waals surface area contributed by atoms with E-state index in [0.29, 0.717) is 28.8 Å². The molecule has 12 atom stereocenters. The molecule has 0 spiro atoms. The number of carbonyl (C=O) groups excluding carboxylic acids is 13. The lowest BCUT2D eigenvalue weighted by Gasteiger charge is -2.34. The summed E-state index contributed by atoms with van der Waals surface area (Å²) in [5, 5.41) is 28.7. The van der Waals surface area contributed by atoms with Crippen LogP contribution in [0.15, 0.2) is 128 Å². The molecule has 2 aromatic heterocycles. The summed E-state index contributed by atoms with van der Waals surface area (Å²) in [4.78, 5) is 202. The largest absolute Gasteiger partial charge is 0.361 e. The molecule has 12 N–H and O–H groups in total. The Morgan fingerprint density at radius 2 is 1.03 bits per heavy atom. The minimum absolute atomic E-state index is 0.0669. The van der Waals surface area contributed by atoms with Crippen molar-refractivity contribution >= 4 is 99.3 Å². The second-order valence-corrected chi connectivity index (χ2v) is 30.7. The maximum atomic E-state index is 15.2. The lowest BCUT2D eigenvalue weighted by atomic mass is 9.97. The van der Waals surface area contributed by atoms with Gasteiger partial charge in [0.25, 0.3) is 0 Å². The van der Waals surface area contributed by atoms with Crippen LogP contribution in [-0.2, 0) is 88.0 Å². The lowest BCUT2D eigenvalue weighted by molar-refractivity contribution is -0.144. The summed E-state index contributed by atoms with van der Waals surface area (Å²) < 4.78 is 0. The summed E-state index contributed by atoms with van der Waals surface area (Å²) in [5.41, 5.74) is 4.82. The van der Waals surface area contributed by atoms with Gasteiger partial charge in [0, 0.05) is 68.3 Å². The fourth-order valence-corrected chi connectivity index (χ4v) is 14.2. The number of para-hydroxylation sites is 1. The number of hydrogen-bond acceptors (Lipinski definition) is 15. The number of amides is 12. The van der Waals surface area contributed by atoms with Crippen molar-refractivity contribution in [3.05, 3.63) is 150 Å². The van der Waals surface area contributed by atoms with Gasteiger partial charge in [-0.3, -0.25) is 62.3 Å². The average molecular weight is 1520 g/mol. The number of benzene rings is 4. The predicted octanol–water partition coefficient (Wildman–Crippen LogP) is 3.88. The summed E-state index contributed by atoms with van der Waals surface area (Å²) in [6.45, 7) is 18.0. The minimum Gasteiger partial charge on any atom is -0.361 e. The van der Waals surface area contributed by atoms with E-state index in [-0.39, 0.29) is 62.5 Å². The number of nitrogens with zero attached hydrogens (tertiary/aromatic N) is 3. The van der Waals surface area contributed by atoms with Crippen molar-refractivity contribution in [2.75, 3.05) is 25.1 Å². The van der Waals surface area contributed by atoms with E-state index in [1.54, 1.807) is 78.1 Å². The van der Waals surface area contributed by atoms with Crippen LogP contribution in [0.3, 0.4) is 0 Å². The first-order valence-electron chi connectivity index (χ1n) is 37.3. The van der Waals surface area contributed by atoms with Crippen LogP contribution in [0.2, 0.25) is 0 Å². The molecule has 8 rings (SSSR count). The first-order chi connectivity index (χ1) is 51.9. The van der Waals surface area contributed by atoms with Crippen LogP contribution in [0.1, 0.15) is 118 Å². The molecule has 2 saturated heterocycles. The highest BCUT2D eigenvalue weighted by Crippen LogP contribution is 2.25. The smallest absolute Gasteiger partial charge is 0.245 e. The van der Waals surface area contributed by atoms with E-state index >= 15 is 28.8 Å². The molecule has 2 fully saturated rings. The molecule has 0 radical (unpaired) electrons. The number of hydrogen-bond donors (Lipinski definition) is 12. The van der Waals surface area contributed by atoms with Crippen LogP contribution in [0.5, 0.6) is 0 Å². The quantitative estimate of drug-likeness (QED) is 0.0694. The van der Waals surface area contributed by atoms with E-state index in [9.17, 15) is 33.6 Å². The van der Waals surface area contributed by atoms with Gasteiger partial charge in [0.1, 0.15) is 66.5 Å². The monoisotopic (exact) mass is 1520 g/mol. The van der Waals surface area contributed by atoms with Gasteiger partial charge in [-0.1, -0.05) is 159 Å². The molecule has 2 aliphatic rings. The predicted molar refractivity (Wildman–Crippen MR) is 414 cm³/mol. The van der Waals surface area contributed by atoms with E-state index in [1.165, 1.54) is 50.1 Å². The van der Waals surface area contributed by atoms with Crippen molar-refractivity contribution in [1.82, 2.24) is 77.9 Å². The molecule has 1 unspecified atom stereocenters. The number of likely N-dealkylation sites (N-methyl/N-ethyl adjacent to an activating group) is 1. The van der Waals surface area contributed by atoms with Crippen LogP contribution in [0.25, 0.3) is 22.0 Å². The van der Waals surface area contributed by atoms with Crippen molar-refractivity contribution in [3.63, 3.8) is 0 Å². The molecule has 2 aliphatic heterocycles. The number of Topliss-reactive ketones (excluding diaryl/α,β-unsaturated/α-hetero) is 1. The molecule has 0 bridgehead atoms. The van der Waals surface area contributed by atoms with Crippen molar-refractivity contribution in [2.24, 2.45) is 23.7 Å². The molecule has 584 valence electrons. The molecule has 12 amide bonds. The summed E-state index contributed by atoms with van der Waals surface area (Å²) in [7, 11) is 1.39. The number of aromatic amines is 2. The maximum absolute atomic E-state index is 15.2. The summed E-state index contributed by atoms with van der Waals surface area (Å²) >= 11 is 0.975. The molecule has 109 heavy (non-hydrogen) atoms. The third-order valence-corrected chi connectivity index (χ3v) is 20.6. The number of nitrogens with one attached hydrogen (secondary N) is 12. The third kappa shape index (κ3) is 23.4. The van der Waals surface area contributed by atoms with Crippen LogP contribution < -0.4 is 53.2 Å². The molecule has 6 aromatic rings. The number of H-pyrrole nitrogens is 2. The van der Waals surface area contributed by atoms with Gasteiger partial charge < -0.3 is 72.9 Å². The van der Waals surface area contributed by atoms with Gasteiger partial charge >= 0.3 is 0 Å². The van der Waals surface area contributed by atoms with Gasteiger partial charge in [-0.05, 0) is 97.6 Å². The van der Waals surface area contributed by atoms with Gasteiger partial charge in [0.2, 0.25) is 70.9 Å². The van der Waals surface area contributed by atoms with Crippen molar-refractivity contribution in [1.29, 1.82) is 0 Å². The molecule has 4 heterocycles. The van der Waals surface area contributed by atoms with Gasteiger partial charge in [-0.25, -0.2) is 4.98 Å². The fraction of sp³-hybridized carbons (Fsp3) is 0.475. The van der Waals surface area contributed by atoms with E-state index in [1.807, 2.05) is 92.7 Å². The van der Waals surface area contributed by atoms with E-state index in [2.05, 4.69) is 68.1 Å². The van der Waals surface area contributed by atoms with Crippen LogP contribution in [0, 0.1) is 23.7 Å². The second kappa shape index (κ2) is 39.4. The number of fused-ring (bicyclic) bond motifs is 2. The van der Waals surface area contributed by atoms with Crippen molar-refractivity contribution < 1.29 is 62.3 Å². The van der Waals surface area contributed by atoms with E-state index < -0.39 is 167 Å². The van der Waals surface area contributed by atoms with Gasteiger partial charge in [-0.2, -0.15) is 0 Å². The zero-order valence-corrected chi connectivity index (χ0v) is 64.8. The summed E-state index contributed by atoms with van der Waals surface area (Å²) in [5.74, 6) is -11.7. The molecule has 28 nitrogen and oxygen atoms in total. The van der Waals surface area contributed by atoms with E-state index in [4.69, 9.17) is 0 Å². The Morgan fingerprint density at radius 1 is 0.505 bits per heavy atom. The van der Waals surface area contributed by atoms with Crippen molar-refractivity contribution in [3.8, 4) is 11.1 Å². The van der Waals surface area contributed by atoms with Crippen LogP contribution in [-0.4, -0.2) is 199 Å². The molecule has 4 aromatic carbocycles. The number of thioether (sulfide) groups is 1. The topological polar surface area (TPSA) is 393 Å². The van der Waals surface area contributed by atoms with E-state index in [0.717, 1.165) is 33.8 Å².